The topological polar surface area (TPSA) is 67.1 Å². The molecule has 0 unspecified atom stereocenters. The summed E-state index contributed by atoms with van der Waals surface area (Å²) in [5.41, 5.74) is 2.10. The van der Waals surface area contributed by atoms with Gasteiger partial charge in [-0.25, -0.2) is 14.1 Å². The van der Waals surface area contributed by atoms with Gasteiger partial charge in [-0.2, -0.15) is 0 Å². The zero-order valence-electron chi connectivity index (χ0n) is 14.5. The van der Waals surface area contributed by atoms with Gasteiger partial charge in [0.2, 0.25) is 0 Å². The number of rotatable bonds is 2. The van der Waals surface area contributed by atoms with Crippen molar-refractivity contribution in [3.8, 4) is 5.69 Å². The first-order valence-corrected chi connectivity index (χ1v) is 9.47. The molecule has 26 heavy (non-hydrogen) atoms. The molecule has 3 heterocycles. The second-order valence-corrected chi connectivity index (χ2v) is 7.71. The van der Waals surface area contributed by atoms with Crippen LogP contribution in [0.1, 0.15) is 49.4 Å². The smallest absolute Gasteiger partial charge is 0.176 e. The van der Waals surface area contributed by atoms with E-state index in [2.05, 4.69) is 25.9 Å². The van der Waals surface area contributed by atoms with Crippen molar-refractivity contribution in [2.75, 3.05) is 13.6 Å². The van der Waals surface area contributed by atoms with Crippen LogP contribution in [0.2, 0.25) is 5.02 Å². The van der Waals surface area contributed by atoms with Crippen molar-refractivity contribution in [2.24, 2.45) is 4.99 Å². The standard InChI is InChI=1S/C18H20ClFN6/c1-21-17-18(5-3-6-18)10-8-11(19)16(14(20)15(10)23-17)26-9-13(24-25-26)12-4-2-7-22-12/h8-9,12,22H,2-7H2,1H3,(H,21,23)/t12-/m0/s1. The van der Waals surface area contributed by atoms with E-state index in [9.17, 15) is 0 Å². The molecule has 0 bridgehead atoms. The van der Waals surface area contributed by atoms with Crippen LogP contribution >= 0.6 is 11.6 Å². The van der Waals surface area contributed by atoms with E-state index in [0.29, 0.717) is 10.7 Å². The summed E-state index contributed by atoms with van der Waals surface area (Å²) in [5, 5.41) is 15.2. The molecule has 1 atom stereocenters. The Morgan fingerprint density at radius 2 is 2.23 bits per heavy atom. The van der Waals surface area contributed by atoms with Crippen LogP contribution in [0, 0.1) is 5.82 Å². The zero-order valence-corrected chi connectivity index (χ0v) is 15.3. The zero-order chi connectivity index (χ0) is 17.9. The number of fused-ring (bicyclic) bond motifs is 2. The molecule has 0 radical (unpaired) electrons. The fourth-order valence-electron chi connectivity index (χ4n) is 4.44. The maximum Gasteiger partial charge on any atom is 0.176 e. The summed E-state index contributed by atoms with van der Waals surface area (Å²) in [4.78, 5) is 4.55. The molecule has 1 saturated heterocycles. The Balaban J connectivity index is 1.60. The highest BCUT2D eigenvalue weighted by molar-refractivity contribution is 6.32. The summed E-state index contributed by atoms with van der Waals surface area (Å²) in [7, 11) is 1.84. The molecule has 1 aliphatic carbocycles. The van der Waals surface area contributed by atoms with Gasteiger partial charge in [0.25, 0.3) is 0 Å². The number of aliphatic imine (C=N–C) groups is 1. The van der Waals surface area contributed by atoms with Crippen molar-refractivity contribution in [2.45, 2.75) is 43.6 Å². The molecule has 6 nitrogen and oxygen atoms in total. The summed E-state index contributed by atoms with van der Waals surface area (Å²) in [6, 6.07) is 2.03. The lowest BCUT2D eigenvalue weighted by atomic mass is 9.64. The molecule has 2 fully saturated rings. The van der Waals surface area contributed by atoms with Crippen molar-refractivity contribution in [3.05, 3.63) is 34.4 Å². The Hall–Kier alpha value is -1.99. The third-order valence-corrected chi connectivity index (χ3v) is 6.25. The largest absolute Gasteiger partial charge is 0.376 e. The molecule has 1 aromatic heterocycles. The Morgan fingerprint density at radius 1 is 1.38 bits per heavy atom. The lowest BCUT2D eigenvalue weighted by molar-refractivity contribution is 0.340. The second-order valence-electron chi connectivity index (χ2n) is 7.30. The van der Waals surface area contributed by atoms with E-state index in [0.717, 1.165) is 55.7 Å². The van der Waals surface area contributed by atoms with E-state index in [1.807, 2.05) is 13.1 Å². The Kier molecular flexibility index (Phi) is 3.59. The maximum absolute atomic E-state index is 15.4. The van der Waals surface area contributed by atoms with Gasteiger partial charge in [0.05, 0.1) is 22.7 Å². The number of hydrogen-bond donors (Lipinski definition) is 2. The average molecular weight is 375 g/mol. The fraction of sp³-hybridized carbons (Fsp3) is 0.500. The first-order chi connectivity index (χ1) is 12.6. The lowest BCUT2D eigenvalue weighted by Gasteiger charge is -2.40. The lowest BCUT2D eigenvalue weighted by Crippen LogP contribution is -2.45. The van der Waals surface area contributed by atoms with Crippen LogP contribution < -0.4 is 10.6 Å². The minimum atomic E-state index is -0.431. The van der Waals surface area contributed by atoms with E-state index < -0.39 is 5.82 Å². The molecule has 1 saturated carbocycles. The van der Waals surface area contributed by atoms with Gasteiger partial charge in [-0.15, -0.1) is 5.10 Å². The first-order valence-electron chi connectivity index (χ1n) is 9.09. The molecule has 8 heteroatoms. The maximum atomic E-state index is 15.4. The number of hydrogen-bond acceptors (Lipinski definition) is 5. The minimum Gasteiger partial charge on any atom is -0.376 e. The van der Waals surface area contributed by atoms with Gasteiger partial charge in [-0.05, 0) is 43.9 Å². The molecule has 5 rings (SSSR count). The van der Waals surface area contributed by atoms with Gasteiger partial charge >= 0.3 is 0 Å². The number of likely N-dealkylation sites (N-methyl/N-ethyl adjacent to an activating group) is 1. The molecule has 2 aromatic rings. The van der Waals surface area contributed by atoms with E-state index in [1.54, 1.807) is 6.20 Å². The SMILES string of the molecule is CNC1=Nc2c(cc(Cl)c(-n3cc([C@@H]4CCCN4)nn3)c2F)C12CCC2. The molecular formula is C18H20ClFN6. The van der Waals surface area contributed by atoms with Gasteiger partial charge in [-0.3, -0.25) is 0 Å². The highest BCUT2D eigenvalue weighted by Crippen LogP contribution is 2.54. The van der Waals surface area contributed by atoms with Crippen LogP contribution in [-0.2, 0) is 5.41 Å². The summed E-state index contributed by atoms with van der Waals surface area (Å²) in [6.45, 7) is 0.967. The van der Waals surface area contributed by atoms with Gasteiger partial charge < -0.3 is 10.6 Å². The number of benzene rings is 1. The third kappa shape index (κ3) is 2.10. The molecular weight excluding hydrogens is 355 g/mol. The van der Waals surface area contributed by atoms with E-state index in [4.69, 9.17) is 11.6 Å². The number of nitrogens with one attached hydrogen (secondary N) is 2. The van der Waals surface area contributed by atoms with Gasteiger partial charge in [0.15, 0.2) is 5.82 Å². The van der Waals surface area contributed by atoms with Crippen molar-refractivity contribution < 1.29 is 4.39 Å². The van der Waals surface area contributed by atoms with Crippen molar-refractivity contribution in [3.63, 3.8) is 0 Å². The number of amidine groups is 1. The average Bonchev–Trinajstić information content (AvgIpc) is 3.31. The summed E-state index contributed by atoms with van der Waals surface area (Å²) >= 11 is 6.50. The van der Waals surface area contributed by atoms with Crippen LogP contribution in [0.4, 0.5) is 10.1 Å². The highest BCUT2D eigenvalue weighted by Gasteiger charge is 2.49. The normalized spacial score (nSPS) is 23.0. The van der Waals surface area contributed by atoms with Gasteiger partial charge in [0, 0.05) is 7.05 Å². The second kappa shape index (κ2) is 5.76. The first kappa shape index (κ1) is 16.2. The number of aromatic nitrogens is 3. The van der Waals surface area contributed by atoms with Crippen LogP contribution in [0.15, 0.2) is 17.3 Å². The van der Waals surface area contributed by atoms with E-state index >= 15 is 4.39 Å². The quantitative estimate of drug-likeness (QED) is 0.847. The van der Waals surface area contributed by atoms with E-state index in [-0.39, 0.29) is 17.1 Å². The highest BCUT2D eigenvalue weighted by atomic mass is 35.5. The summed E-state index contributed by atoms with van der Waals surface area (Å²) < 4.78 is 16.8. The van der Waals surface area contributed by atoms with Crippen molar-refractivity contribution in [1.82, 2.24) is 25.6 Å². The van der Waals surface area contributed by atoms with E-state index in [1.165, 1.54) is 4.68 Å². The summed E-state index contributed by atoms with van der Waals surface area (Å²) in [6.07, 6.45) is 6.93. The van der Waals surface area contributed by atoms with Gasteiger partial charge in [0.1, 0.15) is 22.9 Å². The van der Waals surface area contributed by atoms with Crippen molar-refractivity contribution >= 4 is 23.1 Å². The Morgan fingerprint density at radius 3 is 2.88 bits per heavy atom. The number of nitrogens with zero attached hydrogens (tertiary/aromatic N) is 4. The van der Waals surface area contributed by atoms with Crippen LogP contribution in [-0.4, -0.2) is 34.4 Å². The molecule has 3 aliphatic rings. The molecule has 1 aromatic carbocycles. The molecule has 0 amide bonds. The van der Waals surface area contributed by atoms with Crippen LogP contribution in [0.3, 0.4) is 0 Å². The fourth-order valence-corrected chi connectivity index (χ4v) is 4.72. The monoisotopic (exact) mass is 374 g/mol. The molecule has 136 valence electrons. The summed E-state index contributed by atoms with van der Waals surface area (Å²) in [5.74, 6) is 0.403. The predicted octanol–water partition coefficient (Wildman–Crippen LogP) is 3.17. The van der Waals surface area contributed by atoms with Gasteiger partial charge in [-0.1, -0.05) is 23.2 Å². The molecule has 2 aliphatic heterocycles. The predicted molar refractivity (Wildman–Crippen MR) is 98.0 cm³/mol. The Bertz CT molecular complexity index is 911. The third-order valence-electron chi connectivity index (χ3n) is 5.96. The van der Waals surface area contributed by atoms with Crippen LogP contribution in [0.5, 0.6) is 0 Å². The van der Waals surface area contributed by atoms with Crippen molar-refractivity contribution in [1.29, 1.82) is 0 Å². The van der Waals surface area contributed by atoms with Crippen LogP contribution in [0.25, 0.3) is 5.69 Å². The molecule has 2 N–H and O–H groups in total. The number of halogens is 2. The Labute approximate surface area is 155 Å². The minimum absolute atomic E-state index is 0.173. The molecule has 1 spiro atoms.